The molecule has 3 atom stereocenters. The average molecular weight is 262 g/mol. The van der Waals surface area contributed by atoms with Gasteiger partial charge >= 0.3 is 0 Å². The lowest BCUT2D eigenvalue weighted by molar-refractivity contribution is -0.133. The zero-order chi connectivity index (χ0) is 13.2. The number of nitrogens with zero attached hydrogens (tertiary/aromatic N) is 1. The third-order valence-electron chi connectivity index (χ3n) is 3.49. The van der Waals surface area contributed by atoms with Gasteiger partial charge in [-0.3, -0.25) is 4.79 Å². The molecule has 100 valence electrons. The van der Waals surface area contributed by atoms with E-state index in [4.69, 9.17) is 5.73 Å². The summed E-state index contributed by atoms with van der Waals surface area (Å²) in [6.45, 7) is 5.64. The Bertz CT molecular complexity index is 378. The van der Waals surface area contributed by atoms with E-state index in [1.54, 1.807) is 18.7 Å². The van der Waals surface area contributed by atoms with Gasteiger partial charge in [-0.2, -0.15) is 0 Å². The number of hydrogen-bond donors (Lipinski definition) is 1. The summed E-state index contributed by atoms with van der Waals surface area (Å²) in [6.07, 6.45) is 1.04. The zero-order valence-corrected chi connectivity index (χ0v) is 11.5. The summed E-state index contributed by atoms with van der Waals surface area (Å²) in [5.74, 6) is 0.0825. The van der Waals surface area contributed by atoms with Gasteiger partial charge in [-0.25, -0.2) is 8.42 Å². The van der Waals surface area contributed by atoms with Gasteiger partial charge in [0.05, 0.1) is 11.0 Å². The Labute approximate surface area is 103 Å². The maximum atomic E-state index is 11.9. The van der Waals surface area contributed by atoms with E-state index in [2.05, 4.69) is 0 Å². The maximum absolute atomic E-state index is 11.9. The molecule has 1 saturated heterocycles. The minimum absolute atomic E-state index is 0.000188. The van der Waals surface area contributed by atoms with Crippen molar-refractivity contribution >= 4 is 15.7 Å². The molecule has 17 heavy (non-hydrogen) atoms. The summed E-state index contributed by atoms with van der Waals surface area (Å²) < 4.78 is 23.3. The number of carbonyl (C=O) groups excluding carboxylic acids is 1. The first-order valence-electron chi connectivity index (χ1n) is 6.02. The van der Waals surface area contributed by atoms with Crippen molar-refractivity contribution in [3.63, 3.8) is 0 Å². The minimum Gasteiger partial charge on any atom is -0.338 e. The maximum Gasteiger partial charge on any atom is 0.222 e. The number of carbonyl (C=O) groups is 1. The fraction of sp³-hybridized carbons (Fsp3) is 0.909. The Hall–Kier alpha value is -0.620. The van der Waals surface area contributed by atoms with Crippen molar-refractivity contribution in [1.82, 2.24) is 4.90 Å². The van der Waals surface area contributed by atoms with Gasteiger partial charge in [-0.1, -0.05) is 0 Å². The van der Waals surface area contributed by atoms with Crippen molar-refractivity contribution in [2.75, 3.05) is 12.3 Å². The van der Waals surface area contributed by atoms with E-state index in [9.17, 15) is 13.2 Å². The van der Waals surface area contributed by atoms with Crippen LogP contribution in [0.15, 0.2) is 0 Å². The van der Waals surface area contributed by atoms with Gasteiger partial charge in [-0.05, 0) is 27.2 Å². The molecule has 0 aliphatic carbocycles. The van der Waals surface area contributed by atoms with Crippen molar-refractivity contribution in [3.05, 3.63) is 0 Å². The van der Waals surface area contributed by atoms with Crippen LogP contribution in [0.25, 0.3) is 0 Å². The van der Waals surface area contributed by atoms with E-state index >= 15 is 0 Å². The van der Waals surface area contributed by atoms with E-state index in [1.165, 1.54) is 0 Å². The van der Waals surface area contributed by atoms with E-state index in [-0.39, 0.29) is 23.7 Å². The summed E-state index contributed by atoms with van der Waals surface area (Å²) in [5.41, 5.74) is 5.61. The molecule has 6 heteroatoms. The second kappa shape index (κ2) is 5.35. The molecule has 0 spiro atoms. The smallest absolute Gasteiger partial charge is 0.222 e. The lowest BCUT2D eigenvalue weighted by atomic mass is 10.1. The van der Waals surface area contributed by atoms with Gasteiger partial charge in [-0.15, -0.1) is 0 Å². The third-order valence-corrected chi connectivity index (χ3v) is 5.77. The predicted octanol–water partition coefficient (Wildman–Crippen LogP) is 0.148. The first-order valence-corrected chi connectivity index (χ1v) is 7.74. The fourth-order valence-electron chi connectivity index (χ4n) is 2.02. The van der Waals surface area contributed by atoms with Crippen molar-refractivity contribution in [3.8, 4) is 0 Å². The molecule has 2 N–H and O–H groups in total. The predicted molar refractivity (Wildman–Crippen MR) is 67.3 cm³/mol. The molecule has 1 aliphatic heterocycles. The highest BCUT2D eigenvalue weighted by molar-refractivity contribution is 7.92. The first-order chi connectivity index (χ1) is 7.75. The van der Waals surface area contributed by atoms with Crippen molar-refractivity contribution in [1.29, 1.82) is 0 Å². The first kappa shape index (κ1) is 14.4. The lowest BCUT2D eigenvalue weighted by Gasteiger charge is -2.37. The van der Waals surface area contributed by atoms with Gasteiger partial charge in [0.2, 0.25) is 5.91 Å². The van der Waals surface area contributed by atoms with Crippen LogP contribution in [0.5, 0.6) is 0 Å². The van der Waals surface area contributed by atoms with Gasteiger partial charge in [0.15, 0.2) is 9.84 Å². The summed E-state index contributed by atoms with van der Waals surface area (Å²) in [5, 5.41) is -0.476. The average Bonchev–Trinajstić information content (AvgIpc) is 2.23. The Morgan fingerprint density at radius 1 is 1.47 bits per heavy atom. The highest BCUT2D eigenvalue weighted by Crippen LogP contribution is 2.20. The molecular formula is C11H22N2O3S. The Balaban J connectivity index is 2.65. The van der Waals surface area contributed by atoms with Crippen LogP contribution in [-0.2, 0) is 14.6 Å². The second-order valence-electron chi connectivity index (χ2n) is 4.92. The number of amides is 1. The SMILES string of the molecule is CC(N)CCC(=O)N1CCS(=O)(=O)C(C)C1C. The van der Waals surface area contributed by atoms with Crippen LogP contribution in [0.1, 0.15) is 33.6 Å². The van der Waals surface area contributed by atoms with Gasteiger partial charge in [0.25, 0.3) is 0 Å². The molecule has 0 aromatic heterocycles. The van der Waals surface area contributed by atoms with Crippen LogP contribution < -0.4 is 5.73 Å². The fourth-order valence-corrected chi connectivity index (χ4v) is 3.59. The molecule has 5 nitrogen and oxygen atoms in total. The summed E-state index contributed by atoms with van der Waals surface area (Å²) >= 11 is 0. The molecule has 1 aliphatic rings. The molecule has 3 unspecified atom stereocenters. The monoisotopic (exact) mass is 262 g/mol. The molecule has 0 aromatic carbocycles. The van der Waals surface area contributed by atoms with E-state index in [0.29, 0.717) is 19.4 Å². The lowest BCUT2D eigenvalue weighted by Crippen LogP contribution is -2.54. The van der Waals surface area contributed by atoms with Gasteiger partial charge in [0, 0.05) is 25.0 Å². The zero-order valence-electron chi connectivity index (χ0n) is 10.7. The molecule has 1 fully saturated rings. The van der Waals surface area contributed by atoms with E-state index in [1.807, 2.05) is 6.92 Å². The summed E-state index contributed by atoms with van der Waals surface area (Å²) in [4.78, 5) is 13.6. The Kier molecular flexibility index (Phi) is 4.55. The number of nitrogens with two attached hydrogens (primary N) is 1. The quantitative estimate of drug-likeness (QED) is 0.785. The standard InChI is InChI=1S/C11H22N2O3S/c1-8(12)4-5-11(14)13-6-7-17(15,16)10(3)9(13)2/h8-10H,4-7,12H2,1-3H3. The summed E-state index contributed by atoms with van der Waals surface area (Å²) in [6, 6.07) is -0.241. The highest BCUT2D eigenvalue weighted by Gasteiger charge is 2.37. The van der Waals surface area contributed by atoms with E-state index in [0.717, 1.165) is 0 Å². The number of sulfone groups is 1. The Morgan fingerprint density at radius 3 is 2.59 bits per heavy atom. The van der Waals surface area contributed by atoms with Gasteiger partial charge < -0.3 is 10.6 Å². The molecule has 0 bridgehead atoms. The number of hydrogen-bond acceptors (Lipinski definition) is 4. The molecule has 0 aromatic rings. The normalized spacial score (nSPS) is 30.0. The molecule has 0 saturated carbocycles. The molecule has 1 heterocycles. The van der Waals surface area contributed by atoms with Crippen molar-refractivity contribution in [2.24, 2.45) is 5.73 Å². The van der Waals surface area contributed by atoms with E-state index < -0.39 is 15.1 Å². The summed E-state index contributed by atoms with van der Waals surface area (Å²) in [7, 11) is -3.03. The van der Waals surface area contributed by atoms with Gasteiger partial charge in [0.1, 0.15) is 0 Å². The van der Waals surface area contributed by atoms with Crippen LogP contribution in [0.4, 0.5) is 0 Å². The van der Waals surface area contributed by atoms with Crippen LogP contribution in [0, 0.1) is 0 Å². The molecule has 0 radical (unpaired) electrons. The minimum atomic E-state index is -3.03. The topological polar surface area (TPSA) is 80.5 Å². The van der Waals surface area contributed by atoms with Crippen LogP contribution in [-0.4, -0.2) is 48.9 Å². The number of rotatable bonds is 3. The van der Waals surface area contributed by atoms with Crippen LogP contribution >= 0.6 is 0 Å². The molecule has 1 amide bonds. The molecule has 1 rings (SSSR count). The van der Waals surface area contributed by atoms with Crippen LogP contribution in [0.3, 0.4) is 0 Å². The van der Waals surface area contributed by atoms with Crippen LogP contribution in [0.2, 0.25) is 0 Å². The van der Waals surface area contributed by atoms with Crippen molar-refractivity contribution < 1.29 is 13.2 Å². The molecular weight excluding hydrogens is 240 g/mol. The second-order valence-corrected chi connectivity index (χ2v) is 7.39. The third kappa shape index (κ3) is 3.42. The van der Waals surface area contributed by atoms with Crippen molar-refractivity contribution in [2.45, 2.75) is 50.9 Å². The highest BCUT2D eigenvalue weighted by atomic mass is 32.2. The largest absolute Gasteiger partial charge is 0.338 e. The Morgan fingerprint density at radius 2 is 2.06 bits per heavy atom.